The summed E-state index contributed by atoms with van der Waals surface area (Å²) in [4.78, 5) is 2.94. The van der Waals surface area contributed by atoms with Crippen LogP contribution in [0.1, 0.15) is 36.4 Å². The van der Waals surface area contributed by atoms with Crippen molar-refractivity contribution in [3.63, 3.8) is 0 Å². The minimum Gasteiger partial charge on any atom is -0.381 e. The van der Waals surface area contributed by atoms with Gasteiger partial charge in [-0.15, -0.1) is 11.3 Å². The maximum atomic E-state index is 5.42. The molecule has 2 rings (SSSR count). The highest BCUT2D eigenvalue weighted by molar-refractivity contribution is 7.11. The van der Waals surface area contributed by atoms with Crippen LogP contribution in [0.15, 0.2) is 12.1 Å². The summed E-state index contributed by atoms with van der Waals surface area (Å²) in [5.74, 6) is 0. The van der Waals surface area contributed by atoms with Crippen LogP contribution in [0, 0.1) is 5.41 Å². The summed E-state index contributed by atoms with van der Waals surface area (Å²) in [5.41, 5.74) is 0.434. The summed E-state index contributed by atoms with van der Waals surface area (Å²) < 4.78 is 5.42. The third kappa shape index (κ3) is 3.80. The normalized spacial score (nSPS) is 19.4. The zero-order valence-corrected chi connectivity index (χ0v) is 11.7. The molecule has 1 aliphatic rings. The van der Waals surface area contributed by atoms with E-state index in [1.807, 2.05) is 11.3 Å². The molecule has 0 aromatic carbocycles. The Kier molecular flexibility index (Phi) is 4.60. The molecule has 3 heteroatoms. The maximum Gasteiger partial charge on any atom is 0.0471 e. The summed E-state index contributed by atoms with van der Waals surface area (Å²) >= 11 is 1.93. The van der Waals surface area contributed by atoms with Crippen molar-refractivity contribution in [1.29, 1.82) is 0 Å². The van der Waals surface area contributed by atoms with Crippen LogP contribution in [-0.4, -0.2) is 19.8 Å². The number of hydrogen-bond acceptors (Lipinski definition) is 3. The van der Waals surface area contributed by atoms with Gasteiger partial charge in [0.15, 0.2) is 0 Å². The summed E-state index contributed by atoms with van der Waals surface area (Å²) in [6, 6.07) is 4.50. The fourth-order valence-electron chi connectivity index (χ4n) is 2.24. The van der Waals surface area contributed by atoms with Gasteiger partial charge in [0.05, 0.1) is 0 Å². The predicted octanol–water partition coefficient (Wildman–Crippen LogP) is 3.22. The summed E-state index contributed by atoms with van der Waals surface area (Å²) in [5, 5.41) is 3.60. The Hall–Kier alpha value is -0.380. The fraction of sp³-hybridized carbons (Fsp3) is 0.714. The van der Waals surface area contributed by atoms with E-state index >= 15 is 0 Å². The highest BCUT2D eigenvalue weighted by atomic mass is 32.1. The highest BCUT2D eigenvalue weighted by Gasteiger charge is 2.26. The zero-order chi connectivity index (χ0) is 12.1. The Morgan fingerprint density at radius 1 is 1.29 bits per heavy atom. The summed E-state index contributed by atoms with van der Waals surface area (Å²) in [6.07, 6.45) is 3.52. The third-order valence-corrected chi connectivity index (χ3v) is 4.85. The van der Waals surface area contributed by atoms with Crippen LogP contribution < -0.4 is 5.32 Å². The molecule has 2 heterocycles. The molecule has 17 heavy (non-hydrogen) atoms. The first-order chi connectivity index (χ1) is 8.22. The second-order valence-electron chi connectivity index (χ2n) is 5.25. The van der Waals surface area contributed by atoms with Crippen molar-refractivity contribution in [2.24, 2.45) is 5.41 Å². The van der Waals surface area contributed by atoms with E-state index in [4.69, 9.17) is 4.74 Å². The van der Waals surface area contributed by atoms with Crippen molar-refractivity contribution in [3.05, 3.63) is 21.9 Å². The first kappa shape index (κ1) is 13.1. The van der Waals surface area contributed by atoms with E-state index in [2.05, 4.69) is 31.3 Å². The van der Waals surface area contributed by atoms with Gasteiger partial charge in [-0.25, -0.2) is 0 Å². The monoisotopic (exact) mass is 253 g/mol. The molecule has 0 atom stereocenters. The van der Waals surface area contributed by atoms with Crippen LogP contribution >= 0.6 is 11.3 Å². The van der Waals surface area contributed by atoms with Crippen molar-refractivity contribution in [2.45, 2.75) is 39.7 Å². The molecule has 1 N–H and O–H groups in total. The number of aryl methyl sites for hydroxylation is 1. The fourth-order valence-corrected chi connectivity index (χ4v) is 3.16. The van der Waals surface area contributed by atoms with E-state index < -0.39 is 0 Å². The Morgan fingerprint density at radius 2 is 2.00 bits per heavy atom. The molecule has 0 unspecified atom stereocenters. The molecule has 1 fully saturated rings. The lowest BCUT2D eigenvalue weighted by atomic mass is 9.82. The molecule has 0 bridgehead atoms. The van der Waals surface area contributed by atoms with Crippen LogP contribution in [0.2, 0.25) is 0 Å². The molecule has 1 aliphatic heterocycles. The van der Waals surface area contributed by atoms with Gasteiger partial charge in [-0.3, -0.25) is 0 Å². The Balaban J connectivity index is 1.74. The quantitative estimate of drug-likeness (QED) is 0.870. The van der Waals surface area contributed by atoms with Crippen LogP contribution in [0.3, 0.4) is 0 Å². The molecule has 0 aliphatic carbocycles. The average Bonchev–Trinajstić information content (AvgIpc) is 2.78. The SMILES string of the molecule is CCc1ccc(CNCC2(C)CCOCC2)s1. The van der Waals surface area contributed by atoms with Gasteiger partial charge in [-0.2, -0.15) is 0 Å². The lowest BCUT2D eigenvalue weighted by Gasteiger charge is -2.33. The lowest BCUT2D eigenvalue weighted by molar-refractivity contribution is 0.0240. The highest BCUT2D eigenvalue weighted by Crippen LogP contribution is 2.28. The summed E-state index contributed by atoms with van der Waals surface area (Å²) in [7, 11) is 0. The van der Waals surface area contributed by atoms with E-state index in [1.165, 1.54) is 22.6 Å². The molecular formula is C14H23NOS. The van der Waals surface area contributed by atoms with E-state index in [0.29, 0.717) is 5.41 Å². The number of nitrogens with one attached hydrogen (secondary N) is 1. The Morgan fingerprint density at radius 3 is 2.65 bits per heavy atom. The second kappa shape index (κ2) is 5.98. The van der Waals surface area contributed by atoms with Gasteiger partial charge in [-0.05, 0) is 36.8 Å². The standard InChI is InChI=1S/C14H23NOS/c1-3-12-4-5-13(17-12)10-15-11-14(2)6-8-16-9-7-14/h4-5,15H,3,6-11H2,1-2H3. The molecule has 0 saturated carbocycles. The van der Waals surface area contributed by atoms with Gasteiger partial charge < -0.3 is 10.1 Å². The lowest BCUT2D eigenvalue weighted by Crippen LogP contribution is -2.36. The maximum absolute atomic E-state index is 5.42. The minimum absolute atomic E-state index is 0.434. The van der Waals surface area contributed by atoms with E-state index in [-0.39, 0.29) is 0 Å². The van der Waals surface area contributed by atoms with Crippen LogP contribution in [0.5, 0.6) is 0 Å². The molecule has 1 aromatic rings. The van der Waals surface area contributed by atoms with E-state index in [0.717, 1.165) is 32.7 Å². The van der Waals surface area contributed by atoms with Gasteiger partial charge in [0.2, 0.25) is 0 Å². The van der Waals surface area contributed by atoms with Crippen LogP contribution in [-0.2, 0) is 17.7 Å². The topological polar surface area (TPSA) is 21.3 Å². The number of ether oxygens (including phenoxy) is 1. The van der Waals surface area contributed by atoms with E-state index in [9.17, 15) is 0 Å². The molecule has 96 valence electrons. The number of thiophene rings is 1. The van der Waals surface area contributed by atoms with Gasteiger partial charge in [-0.1, -0.05) is 13.8 Å². The zero-order valence-electron chi connectivity index (χ0n) is 10.9. The Labute approximate surface area is 108 Å². The first-order valence-electron chi connectivity index (χ1n) is 6.58. The van der Waals surface area contributed by atoms with Crippen LogP contribution in [0.4, 0.5) is 0 Å². The van der Waals surface area contributed by atoms with Gasteiger partial charge >= 0.3 is 0 Å². The minimum atomic E-state index is 0.434. The number of hydrogen-bond donors (Lipinski definition) is 1. The Bertz CT molecular complexity index is 342. The second-order valence-corrected chi connectivity index (χ2v) is 6.50. The van der Waals surface area contributed by atoms with E-state index in [1.54, 1.807) is 0 Å². The molecule has 0 amide bonds. The van der Waals surface area contributed by atoms with Gasteiger partial charge in [0.1, 0.15) is 0 Å². The average molecular weight is 253 g/mol. The summed E-state index contributed by atoms with van der Waals surface area (Å²) in [6.45, 7) is 8.56. The van der Waals surface area contributed by atoms with Crippen molar-refractivity contribution < 1.29 is 4.74 Å². The van der Waals surface area contributed by atoms with Gasteiger partial charge in [0, 0.05) is 36.1 Å². The third-order valence-electron chi connectivity index (χ3n) is 3.62. The molecular weight excluding hydrogens is 230 g/mol. The molecule has 2 nitrogen and oxygen atoms in total. The van der Waals surface area contributed by atoms with Crippen LogP contribution in [0.25, 0.3) is 0 Å². The number of rotatable bonds is 5. The smallest absolute Gasteiger partial charge is 0.0471 e. The largest absolute Gasteiger partial charge is 0.381 e. The van der Waals surface area contributed by atoms with Crippen molar-refractivity contribution in [3.8, 4) is 0 Å². The molecule has 1 aromatic heterocycles. The predicted molar refractivity (Wildman–Crippen MR) is 73.6 cm³/mol. The molecule has 1 saturated heterocycles. The molecule has 0 radical (unpaired) electrons. The first-order valence-corrected chi connectivity index (χ1v) is 7.39. The van der Waals surface area contributed by atoms with Crippen molar-refractivity contribution in [2.75, 3.05) is 19.8 Å². The van der Waals surface area contributed by atoms with Gasteiger partial charge in [0.25, 0.3) is 0 Å². The van der Waals surface area contributed by atoms with Crippen molar-refractivity contribution >= 4 is 11.3 Å². The van der Waals surface area contributed by atoms with Crippen molar-refractivity contribution in [1.82, 2.24) is 5.32 Å². The molecule has 0 spiro atoms.